The molecule has 1 amide bonds. The van der Waals surface area contributed by atoms with E-state index in [9.17, 15) is 4.79 Å². The Balaban J connectivity index is 1.64. The van der Waals surface area contributed by atoms with Crippen molar-refractivity contribution in [2.45, 2.75) is 6.92 Å². The van der Waals surface area contributed by atoms with Gasteiger partial charge in [0.2, 0.25) is 11.8 Å². The molecule has 0 saturated heterocycles. The van der Waals surface area contributed by atoms with E-state index in [0.717, 1.165) is 5.56 Å². The summed E-state index contributed by atoms with van der Waals surface area (Å²) in [5, 5.41) is 6.87. The van der Waals surface area contributed by atoms with Gasteiger partial charge in [-0.3, -0.25) is 4.79 Å². The normalized spacial score (nSPS) is 10.6. The number of nitrogen functional groups attached to an aromatic ring is 1. The molecule has 0 fully saturated rings. The number of pyridine rings is 1. The number of aryl methyl sites for hydroxylation is 1. The van der Waals surface area contributed by atoms with E-state index in [1.165, 1.54) is 7.11 Å². The second-order valence-corrected chi connectivity index (χ2v) is 6.37. The zero-order valence-corrected chi connectivity index (χ0v) is 16.3. The molecule has 0 bridgehead atoms. The van der Waals surface area contributed by atoms with Gasteiger partial charge in [0.05, 0.1) is 12.8 Å². The van der Waals surface area contributed by atoms with Gasteiger partial charge in [-0.05, 0) is 19.1 Å². The fraction of sp³-hybridized carbons (Fsp3) is 0.0952. The van der Waals surface area contributed by atoms with Crippen LogP contribution in [0.1, 0.15) is 16.1 Å². The van der Waals surface area contributed by atoms with Crippen LogP contribution in [0.3, 0.4) is 0 Å². The molecule has 0 atom stereocenters. The highest BCUT2D eigenvalue weighted by Crippen LogP contribution is 2.29. The van der Waals surface area contributed by atoms with Crippen molar-refractivity contribution in [3.8, 4) is 28.4 Å². The number of ether oxygens (including phenoxy) is 1. The molecule has 4 rings (SSSR count). The fourth-order valence-corrected chi connectivity index (χ4v) is 2.94. The molecule has 0 aliphatic carbocycles. The molecule has 30 heavy (non-hydrogen) atoms. The molecule has 3 N–H and O–H groups in total. The summed E-state index contributed by atoms with van der Waals surface area (Å²) in [6.07, 6.45) is 3.13. The maximum Gasteiger partial charge on any atom is 0.261 e. The lowest BCUT2D eigenvalue weighted by atomic mass is 10.1. The van der Waals surface area contributed by atoms with Gasteiger partial charge in [-0.15, -0.1) is 0 Å². The summed E-state index contributed by atoms with van der Waals surface area (Å²) in [5.41, 5.74) is 8.77. The van der Waals surface area contributed by atoms with Gasteiger partial charge >= 0.3 is 0 Å². The Kier molecular flexibility index (Phi) is 5.08. The molecule has 4 aromatic rings. The number of methoxy groups -OCH3 is 1. The Hall–Kier alpha value is -4.27. The molecule has 1 aromatic carbocycles. The predicted molar refractivity (Wildman–Crippen MR) is 111 cm³/mol. The Morgan fingerprint density at radius 3 is 2.50 bits per heavy atom. The molecule has 9 heteroatoms. The van der Waals surface area contributed by atoms with E-state index in [-0.39, 0.29) is 17.7 Å². The first-order chi connectivity index (χ1) is 14.6. The summed E-state index contributed by atoms with van der Waals surface area (Å²) in [4.78, 5) is 25.4. The van der Waals surface area contributed by atoms with Gasteiger partial charge in [0.15, 0.2) is 0 Å². The first kappa shape index (κ1) is 19.1. The number of amides is 1. The van der Waals surface area contributed by atoms with E-state index in [4.69, 9.17) is 15.0 Å². The predicted octanol–water partition coefficient (Wildman–Crippen LogP) is 3.35. The lowest BCUT2D eigenvalue weighted by Crippen LogP contribution is -2.14. The van der Waals surface area contributed by atoms with Crippen LogP contribution in [0, 0.1) is 6.92 Å². The van der Waals surface area contributed by atoms with Crippen molar-refractivity contribution in [2.75, 3.05) is 18.2 Å². The number of benzene rings is 1. The van der Waals surface area contributed by atoms with E-state index >= 15 is 0 Å². The molecular weight excluding hydrogens is 384 g/mol. The van der Waals surface area contributed by atoms with Crippen molar-refractivity contribution < 1.29 is 14.1 Å². The highest BCUT2D eigenvalue weighted by Gasteiger charge is 2.23. The zero-order chi connectivity index (χ0) is 21.1. The second kappa shape index (κ2) is 8.00. The van der Waals surface area contributed by atoms with Gasteiger partial charge < -0.3 is 20.3 Å². The summed E-state index contributed by atoms with van der Waals surface area (Å²) in [6.45, 7) is 1.69. The Labute approximate surface area is 171 Å². The minimum atomic E-state index is -0.378. The van der Waals surface area contributed by atoms with Crippen LogP contribution in [0.25, 0.3) is 22.5 Å². The highest BCUT2D eigenvalue weighted by atomic mass is 16.5. The van der Waals surface area contributed by atoms with Crippen molar-refractivity contribution in [1.82, 2.24) is 20.1 Å². The van der Waals surface area contributed by atoms with Crippen LogP contribution in [-0.4, -0.2) is 33.1 Å². The van der Waals surface area contributed by atoms with Gasteiger partial charge in [0.1, 0.15) is 22.7 Å². The summed E-state index contributed by atoms with van der Waals surface area (Å²) in [6, 6.07) is 12.8. The van der Waals surface area contributed by atoms with Gasteiger partial charge in [-0.1, -0.05) is 35.5 Å². The third-order valence-corrected chi connectivity index (χ3v) is 4.41. The van der Waals surface area contributed by atoms with Crippen molar-refractivity contribution in [2.24, 2.45) is 0 Å². The average molecular weight is 402 g/mol. The summed E-state index contributed by atoms with van der Waals surface area (Å²) >= 11 is 0. The summed E-state index contributed by atoms with van der Waals surface area (Å²) in [7, 11) is 1.47. The monoisotopic (exact) mass is 402 g/mol. The maximum atomic E-state index is 13.0. The van der Waals surface area contributed by atoms with Crippen LogP contribution < -0.4 is 15.8 Å². The Morgan fingerprint density at radius 1 is 1.07 bits per heavy atom. The first-order valence-corrected chi connectivity index (χ1v) is 9.03. The number of nitrogens with zero attached hydrogens (tertiary/aromatic N) is 4. The molecule has 0 spiro atoms. The molecule has 0 saturated carbocycles. The lowest BCUT2D eigenvalue weighted by Gasteiger charge is -2.11. The van der Waals surface area contributed by atoms with Crippen molar-refractivity contribution in [3.63, 3.8) is 0 Å². The molecule has 0 aliphatic heterocycles. The third-order valence-electron chi connectivity index (χ3n) is 4.41. The summed E-state index contributed by atoms with van der Waals surface area (Å²) in [5.74, 6) is 0.450. The quantitative estimate of drug-likeness (QED) is 0.520. The SMILES string of the molecule is COc1nc(-c2cnc(N)nc2)ccc1NC(=O)c1c(-c2ccccc2)noc1C. The highest BCUT2D eigenvalue weighted by molar-refractivity contribution is 6.09. The largest absolute Gasteiger partial charge is 0.479 e. The molecule has 0 unspecified atom stereocenters. The standard InChI is InChI=1S/C21H18N6O3/c1-12-17(18(27-30-12)13-6-4-3-5-7-13)19(28)25-16-9-8-15(26-20(16)29-2)14-10-23-21(22)24-11-14/h3-11H,1-2H3,(H,25,28)(H2,22,23,24). The van der Waals surface area contributed by atoms with E-state index in [2.05, 4.69) is 25.4 Å². The molecule has 3 aromatic heterocycles. The maximum absolute atomic E-state index is 13.0. The third kappa shape index (κ3) is 3.68. The van der Waals surface area contributed by atoms with Crippen LogP contribution in [0.4, 0.5) is 11.6 Å². The smallest absolute Gasteiger partial charge is 0.261 e. The van der Waals surface area contributed by atoms with Crippen LogP contribution in [0.5, 0.6) is 5.88 Å². The first-order valence-electron chi connectivity index (χ1n) is 9.03. The molecule has 0 aliphatic rings. The summed E-state index contributed by atoms with van der Waals surface area (Å²) < 4.78 is 10.6. The number of nitrogens with one attached hydrogen (secondary N) is 1. The number of carbonyl (C=O) groups excluding carboxylic acids is 1. The van der Waals surface area contributed by atoms with Gasteiger partial charge in [0.25, 0.3) is 5.91 Å². The Morgan fingerprint density at radius 2 is 1.80 bits per heavy atom. The zero-order valence-electron chi connectivity index (χ0n) is 16.3. The number of nitrogens with two attached hydrogens (primary N) is 1. The van der Waals surface area contributed by atoms with Crippen LogP contribution in [0.15, 0.2) is 59.4 Å². The van der Waals surface area contributed by atoms with Crippen LogP contribution in [-0.2, 0) is 0 Å². The molecular formula is C21H18N6O3. The number of hydrogen-bond acceptors (Lipinski definition) is 8. The fourth-order valence-electron chi connectivity index (χ4n) is 2.94. The van der Waals surface area contributed by atoms with Crippen molar-refractivity contribution in [1.29, 1.82) is 0 Å². The molecule has 9 nitrogen and oxygen atoms in total. The number of rotatable bonds is 5. The van der Waals surface area contributed by atoms with E-state index < -0.39 is 0 Å². The van der Waals surface area contributed by atoms with E-state index in [0.29, 0.717) is 34.0 Å². The van der Waals surface area contributed by atoms with Crippen molar-refractivity contribution >= 4 is 17.5 Å². The van der Waals surface area contributed by atoms with Crippen LogP contribution >= 0.6 is 0 Å². The number of hydrogen-bond donors (Lipinski definition) is 2. The Bertz CT molecular complexity index is 1190. The van der Waals surface area contributed by atoms with Crippen molar-refractivity contribution in [3.05, 3.63) is 66.2 Å². The van der Waals surface area contributed by atoms with Crippen LogP contribution in [0.2, 0.25) is 0 Å². The number of aromatic nitrogens is 4. The topological polar surface area (TPSA) is 129 Å². The number of carbonyl (C=O) groups is 1. The molecule has 3 heterocycles. The molecule has 0 radical (unpaired) electrons. The minimum absolute atomic E-state index is 0.174. The second-order valence-electron chi connectivity index (χ2n) is 6.37. The van der Waals surface area contributed by atoms with E-state index in [1.807, 2.05) is 30.3 Å². The minimum Gasteiger partial charge on any atom is -0.479 e. The molecule has 150 valence electrons. The van der Waals surface area contributed by atoms with Gasteiger partial charge in [-0.2, -0.15) is 0 Å². The van der Waals surface area contributed by atoms with E-state index in [1.54, 1.807) is 31.5 Å². The van der Waals surface area contributed by atoms with Gasteiger partial charge in [-0.25, -0.2) is 15.0 Å². The van der Waals surface area contributed by atoms with Gasteiger partial charge in [0, 0.05) is 23.5 Å². The lowest BCUT2D eigenvalue weighted by molar-refractivity contribution is 0.102. The number of anilines is 2. The average Bonchev–Trinajstić information content (AvgIpc) is 3.16.